The third-order valence-corrected chi connectivity index (χ3v) is 4.92. The zero-order chi connectivity index (χ0) is 17.9. The van der Waals surface area contributed by atoms with E-state index in [2.05, 4.69) is 10.9 Å². The summed E-state index contributed by atoms with van der Waals surface area (Å²) in [4.78, 5) is 24.0. The lowest BCUT2D eigenvalue weighted by Crippen LogP contribution is -2.47. The van der Waals surface area contributed by atoms with Crippen LogP contribution in [0.25, 0.3) is 0 Å². The van der Waals surface area contributed by atoms with E-state index in [1.807, 2.05) is 26.0 Å². The predicted octanol–water partition coefficient (Wildman–Crippen LogP) is 3.90. The molecule has 1 atom stereocenters. The van der Waals surface area contributed by atoms with E-state index in [-0.39, 0.29) is 9.90 Å². The maximum absolute atomic E-state index is 12.1. The van der Waals surface area contributed by atoms with Crippen molar-refractivity contribution in [2.75, 3.05) is 0 Å². The quantitative estimate of drug-likeness (QED) is 0.782. The molecule has 24 heavy (non-hydrogen) atoms. The van der Waals surface area contributed by atoms with Crippen LogP contribution in [0.1, 0.15) is 28.4 Å². The second-order valence-electron chi connectivity index (χ2n) is 5.14. The first kappa shape index (κ1) is 18.6. The lowest BCUT2D eigenvalue weighted by atomic mass is 10.1. The van der Waals surface area contributed by atoms with Crippen molar-refractivity contribution in [3.63, 3.8) is 0 Å². The molecule has 0 fully saturated rings. The lowest BCUT2D eigenvalue weighted by molar-refractivity contribution is -0.128. The zero-order valence-corrected chi connectivity index (χ0v) is 15.6. The number of hydrogen-bond acceptors (Lipinski definition) is 4. The van der Waals surface area contributed by atoms with E-state index in [0.717, 1.165) is 22.5 Å². The molecule has 2 aromatic rings. The van der Waals surface area contributed by atoms with Gasteiger partial charge in [-0.25, -0.2) is 0 Å². The molecular weight excluding hydrogens is 371 g/mol. The van der Waals surface area contributed by atoms with Gasteiger partial charge in [0.15, 0.2) is 6.10 Å². The summed E-state index contributed by atoms with van der Waals surface area (Å²) in [6.45, 7) is 5.47. The van der Waals surface area contributed by atoms with Crippen molar-refractivity contribution in [1.82, 2.24) is 10.9 Å². The second kappa shape index (κ2) is 7.88. The van der Waals surface area contributed by atoms with Crippen molar-refractivity contribution in [1.29, 1.82) is 0 Å². The summed E-state index contributed by atoms with van der Waals surface area (Å²) in [5, 5.41) is 0. The van der Waals surface area contributed by atoms with Crippen LogP contribution in [0.4, 0.5) is 0 Å². The fourth-order valence-corrected chi connectivity index (χ4v) is 3.34. The number of carbonyl (C=O) groups excluding carboxylic acids is 2. The first-order chi connectivity index (χ1) is 11.3. The third kappa shape index (κ3) is 4.41. The van der Waals surface area contributed by atoms with Crippen LogP contribution in [0, 0.1) is 13.8 Å². The monoisotopic (exact) mass is 386 g/mol. The van der Waals surface area contributed by atoms with Gasteiger partial charge in [0.25, 0.3) is 11.8 Å². The van der Waals surface area contributed by atoms with Gasteiger partial charge in [0.2, 0.25) is 0 Å². The average molecular weight is 387 g/mol. The van der Waals surface area contributed by atoms with E-state index in [4.69, 9.17) is 27.9 Å². The number of nitrogens with one attached hydrogen (secondary N) is 2. The smallest absolute Gasteiger partial charge is 0.279 e. The molecule has 0 saturated heterocycles. The van der Waals surface area contributed by atoms with E-state index in [1.54, 1.807) is 13.0 Å². The van der Waals surface area contributed by atoms with Gasteiger partial charge in [-0.15, -0.1) is 11.3 Å². The zero-order valence-electron chi connectivity index (χ0n) is 13.3. The molecule has 2 N–H and O–H groups in total. The van der Waals surface area contributed by atoms with Gasteiger partial charge in [-0.1, -0.05) is 35.3 Å². The Labute approximate surface area is 153 Å². The van der Waals surface area contributed by atoms with Gasteiger partial charge in [-0.3, -0.25) is 20.4 Å². The number of hydrogen-bond donors (Lipinski definition) is 2. The maximum Gasteiger partial charge on any atom is 0.279 e. The molecule has 5 nitrogen and oxygen atoms in total. The van der Waals surface area contributed by atoms with E-state index in [0.29, 0.717) is 10.1 Å². The summed E-state index contributed by atoms with van der Waals surface area (Å²) in [7, 11) is 0. The van der Waals surface area contributed by atoms with E-state index >= 15 is 0 Å². The van der Waals surface area contributed by atoms with Gasteiger partial charge in [-0.2, -0.15) is 0 Å². The van der Waals surface area contributed by atoms with Gasteiger partial charge in [0.1, 0.15) is 10.1 Å². The minimum atomic E-state index is -0.785. The van der Waals surface area contributed by atoms with Crippen LogP contribution in [-0.2, 0) is 4.79 Å². The van der Waals surface area contributed by atoms with E-state index in [9.17, 15) is 9.59 Å². The van der Waals surface area contributed by atoms with Crippen molar-refractivity contribution in [2.45, 2.75) is 26.9 Å². The fraction of sp³-hybridized carbons (Fsp3) is 0.250. The Bertz CT molecular complexity index is 777. The fourth-order valence-electron chi connectivity index (χ4n) is 1.88. The van der Waals surface area contributed by atoms with Crippen LogP contribution in [-0.4, -0.2) is 17.9 Å². The Morgan fingerprint density at radius 1 is 1.21 bits per heavy atom. The summed E-state index contributed by atoms with van der Waals surface area (Å²) >= 11 is 12.8. The summed E-state index contributed by atoms with van der Waals surface area (Å²) in [6, 6.07) is 7.04. The van der Waals surface area contributed by atoms with E-state index in [1.165, 1.54) is 6.07 Å². The van der Waals surface area contributed by atoms with Gasteiger partial charge >= 0.3 is 0 Å². The molecule has 0 aliphatic rings. The highest BCUT2D eigenvalue weighted by atomic mass is 35.5. The molecule has 128 valence electrons. The molecule has 1 heterocycles. The normalized spacial score (nSPS) is 11.7. The Kier molecular flexibility index (Phi) is 6.10. The molecular formula is C16H16Cl2N2O3S. The topological polar surface area (TPSA) is 67.4 Å². The molecule has 0 aliphatic carbocycles. The summed E-state index contributed by atoms with van der Waals surface area (Å²) in [5.41, 5.74) is 6.83. The maximum atomic E-state index is 12.1. The highest BCUT2D eigenvalue weighted by Gasteiger charge is 2.19. The Hall–Kier alpha value is -1.76. The van der Waals surface area contributed by atoms with Gasteiger partial charge in [-0.05, 0) is 44.0 Å². The summed E-state index contributed by atoms with van der Waals surface area (Å²) < 4.78 is 6.29. The molecule has 1 aromatic carbocycles. The summed E-state index contributed by atoms with van der Waals surface area (Å²) in [6.07, 6.45) is -0.785. The molecule has 0 bridgehead atoms. The van der Waals surface area contributed by atoms with Crippen molar-refractivity contribution in [2.24, 2.45) is 0 Å². The van der Waals surface area contributed by atoms with Crippen LogP contribution in [0.5, 0.6) is 5.75 Å². The molecule has 0 aliphatic heterocycles. The molecule has 2 rings (SSSR count). The number of thiophene rings is 1. The molecule has 1 unspecified atom stereocenters. The van der Waals surface area contributed by atoms with Crippen molar-refractivity contribution < 1.29 is 14.3 Å². The molecule has 1 aromatic heterocycles. The summed E-state index contributed by atoms with van der Waals surface area (Å²) in [5.74, 6) is -0.409. The number of amides is 2. The van der Waals surface area contributed by atoms with Crippen LogP contribution < -0.4 is 15.6 Å². The number of hydrazine groups is 1. The van der Waals surface area contributed by atoms with Crippen LogP contribution in [0.2, 0.25) is 8.67 Å². The Morgan fingerprint density at radius 2 is 1.92 bits per heavy atom. The van der Waals surface area contributed by atoms with Crippen molar-refractivity contribution >= 4 is 46.4 Å². The lowest BCUT2D eigenvalue weighted by Gasteiger charge is -2.17. The second-order valence-corrected chi connectivity index (χ2v) is 7.42. The number of rotatable bonds is 4. The van der Waals surface area contributed by atoms with Crippen molar-refractivity contribution in [3.05, 3.63) is 49.6 Å². The first-order valence-corrected chi connectivity index (χ1v) is 8.64. The van der Waals surface area contributed by atoms with E-state index < -0.39 is 17.9 Å². The highest BCUT2D eigenvalue weighted by molar-refractivity contribution is 7.20. The van der Waals surface area contributed by atoms with Gasteiger partial charge < -0.3 is 4.74 Å². The van der Waals surface area contributed by atoms with Crippen LogP contribution in [0.3, 0.4) is 0 Å². The van der Waals surface area contributed by atoms with Crippen LogP contribution in [0.15, 0.2) is 24.3 Å². The first-order valence-electron chi connectivity index (χ1n) is 7.07. The number of halogens is 2. The number of aryl methyl sites for hydroxylation is 1. The molecule has 2 amide bonds. The number of carbonyl (C=O) groups is 2. The average Bonchev–Trinajstić information content (AvgIpc) is 2.87. The molecule has 0 spiro atoms. The Balaban J connectivity index is 1.93. The standard InChI is InChI=1S/C16H16Cl2N2O3S/c1-8-5-4-6-12(9(8)2)23-10(3)15(21)19-20-16(22)11-7-13(17)24-14(11)18/h4-7,10H,1-3H3,(H,19,21)(H,20,22). The molecule has 0 saturated carbocycles. The number of ether oxygens (including phenoxy) is 1. The van der Waals surface area contributed by atoms with Gasteiger partial charge in [0, 0.05) is 0 Å². The molecule has 8 heteroatoms. The number of benzene rings is 1. The van der Waals surface area contributed by atoms with Gasteiger partial charge in [0.05, 0.1) is 9.90 Å². The Morgan fingerprint density at radius 3 is 2.54 bits per heavy atom. The largest absolute Gasteiger partial charge is 0.481 e. The molecule has 0 radical (unpaired) electrons. The SMILES string of the molecule is Cc1cccc(OC(C)C(=O)NNC(=O)c2cc(Cl)sc2Cl)c1C. The highest BCUT2D eigenvalue weighted by Crippen LogP contribution is 2.30. The minimum absolute atomic E-state index is 0.204. The van der Waals surface area contributed by atoms with Crippen molar-refractivity contribution in [3.8, 4) is 5.75 Å². The minimum Gasteiger partial charge on any atom is -0.481 e. The predicted molar refractivity (Wildman–Crippen MR) is 96.0 cm³/mol. The third-order valence-electron chi connectivity index (χ3n) is 3.43. The van der Waals surface area contributed by atoms with Crippen LogP contribution >= 0.6 is 34.5 Å².